The van der Waals surface area contributed by atoms with Crippen molar-refractivity contribution in [1.29, 1.82) is 0 Å². The van der Waals surface area contributed by atoms with Crippen molar-refractivity contribution in [2.24, 2.45) is 5.73 Å². The first-order valence-corrected chi connectivity index (χ1v) is 7.04. The average molecular weight is 266 g/mol. The molecule has 1 aliphatic rings. The Balaban J connectivity index is 1.86. The summed E-state index contributed by atoms with van der Waals surface area (Å²) in [6.07, 6.45) is 3.22. The summed E-state index contributed by atoms with van der Waals surface area (Å²) in [4.78, 5) is 2.38. The second-order valence-corrected chi connectivity index (χ2v) is 5.37. The van der Waals surface area contributed by atoms with E-state index in [1.807, 2.05) is 13.0 Å². The van der Waals surface area contributed by atoms with Crippen LogP contribution in [-0.4, -0.2) is 37.2 Å². The Bertz CT molecular complexity index is 403. The van der Waals surface area contributed by atoms with Crippen LogP contribution in [0.2, 0.25) is 0 Å². The summed E-state index contributed by atoms with van der Waals surface area (Å²) in [6, 6.07) is 4.88. The van der Waals surface area contributed by atoms with Gasteiger partial charge in [-0.3, -0.25) is 4.90 Å². The number of rotatable bonds is 6. The van der Waals surface area contributed by atoms with E-state index in [4.69, 9.17) is 10.5 Å². The second-order valence-electron chi connectivity index (χ2n) is 5.37. The summed E-state index contributed by atoms with van der Waals surface area (Å²) in [5, 5.41) is 0. The molecule has 0 spiro atoms. The number of hydrogen-bond donors (Lipinski definition) is 1. The van der Waals surface area contributed by atoms with E-state index in [0.717, 1.165) is 25.2 Å². The highest BCUT2D eigenvalue weighted by Crippen LogP contribution is 2.18. The highest BCUT2D eigenvalue weighted by Gasteiger charge is 2.11. The molecule has 0 amide bonds. The molecule has 1 saturated heterocycles. The molecule has 1 aromatic carbocycles. The summed E-state index contributed by atoms with van der Waals surface area (Å²) < 4.78 is 19.1. The highest BCUT2D eigenvalue weighted by atomic mass is 19.1. The Labute approximate surface area is 114 Å². The van der Waals surface area contributed by atoms with Crippen molar-refractivity contribution in [3.63, 3.8) is 0 Å². The molecular weight excluding hydrogens is 243 g/mol. The van der Waals surface area contributed by atoms with Crippen LogP contribution in [0.4, 0.5) is 4.39 Å². The molecule has 2 N–H and O–H groups in total. The third-order valence-electron chi connectivity index (χ3n) is 3.36. The zero-order valence-electron chi connectivity index (χ0n) is 11.6. The van der Waals surface area contributed by atoms with Crippen LogP contribution in [0.5, 0.6) is 5.75 Å². The molecule has 0 saturated carbocycles. The highest BCUT2D eigenvalue weighted by molar-refractivity contribution is 5.30. The minimum atomic E-state index is -0.255. The molecule has 0 radical (unpaired) electrons. The fourth-order valence-corrected chi connectivity index (χ4v) is 2.49. The Kier molecular flexibility index (Phi) is 5.16. The monoisotopic (exact) mass is 266 g/mol. The molecule has 106 valence electrons. The first kappa shape index (κ1) is 14.3. The second kappa shape index (κ2) is 6.87. The van der Waals surface area contributed by atoms with Crippen molar-refractivity contribution in [1.82, 2.24) is 4.90 Å². The topological polar surface area (TPSA) is 38.5 Å². The Morgan fingerprint density at radius 3 is 2.74 bits per heavy atom. The van der Waals surface area contributed by atoms with Crippen molar-refractivity contribution in [3.8, 4) is 5.75 Å². The lowest BCUT2D eigenvalue weighted by atomic mass is 10.1. The van der Waals surface area contributed by atoms with Gasteiger partial charge in [-0.05, 0) is 57.0 Å². The number of nitrogens with zero attached hydrogens (tertiary/aromatic N) is 1. The molecule has 1 atom stereocenters. The fraction of sp³-hybridized carbons (Fsp3) is 0.600. The van der Waals surface area contributed by atoms with Crippen LogP contribution in [0.15, 0.2) is 18.2 Å². The third kappa shape index (κ3) is 4.80. The minimum absolute atomic E-state index is 0.0271. The smallest absolute Gasteiger partial charge is 0.127 e. The molecule has 4 heteroatoms. The van der Waals surface area contributed by atoms with Crippen LogP contribution in [0.3, 0.4) is 0 Å². The number of hydrogen-bond acceptors (Lipinski definition) is 3. The third-order valence-corrected chi connectivity index (χ3v) is 3.36. The summed E-state index contributed by atoms with van der Waals surface area (Å²) >= 11 is 0. The molecule has 1 heterocycles. The molecule has 1 unspecified atom stereocenters. The van der Waals surface area contributed by atoms with Crippen molar-refractivity contribution in [3.05, 3.63) is 29.6 Å². The number of ether oxygens (including phenoxy) is 1. The number of nitrogens with two attached hydrogens (primary N) is 1. The number of likely N-dealkylation sites (tertiary alicyclic amines) is 1. The quantitative estimate of drug-likeness (QED) is 0.858. The molecule has 2 rings (SSSR count). The van der Waals surface area contributed by atoms with E-state index in [0.29, 0.717) is 18.8 Å². The van der Waals surface area contributed by atoms with Crippen molar-refractivity contribution >= 4 is 0 Å². The van der Waals surface area contributed by atoms with E-state index in [2.05, 4.69) is 4.90 Å². The van der Waals surface area contributed by atoms with Gasteiger partial charge in [0.1, 0.15) is 18.2 Å². The van der Waals surface area contributed by atoms with Gasteiger partial charge in [0.25, 0.3) is 0 Å². The first-order chi connectivity index (χ1) is 9.13. The number of halogens is 1. The van der Waals surface area contributed by atoms with E-state index < -0.39 is 0 Å². The maximum Gasteiger partial charge on any atom is 0.127 e. The molecule has 1 aromatic rings. The van der Waals surface area contributed by atoms with Gasteiger partial charge in [-0.15, -0.1) is 0 Å². The largest absolute Gasteiger partial charge is 0.492 e. The van der Waals surface area contributed by atoms with E-state index in [-0.39, 0.29) is 11.9 Å². The van der Waals surface area contributed by atoms with Crippen LogP contribution in [0.1, 0.15) is 25.3 Å². The molecule has 1 aliphatic heterocycles. The van der Waals surface area contributed by atoms with Crippen LogP contribution in [0, 0.1) is 5.82 Å². The minimum Gasteiger partial charge on any atom is -0.492 e. The van der Waals surface area contributed by atoms with Crippen molar-refractivity contribution < 1.29 is 9.13 Å². The van der Waals surface area contributed by atoms with Crippen LogP contribution < -0.4 is 10.5 Å². The average Bonchev–Trinajstić information content (AvgIpc) is 2.80. The SMILES string of the molecule is CC(N)Cc1cc(F)cc(OCCN2CCCC2)c1. The van der Waals surface area contributed by atoms with Crippen molar-refractivity contribution in [2.45, 2.75) is 32.2 Å². The van der Waals surface area contributed by atoms with Gasteiger partial charge in [0.2, 0.25) is 0 Å². The Morgan fingerprint density at radius 2 is 2.05 bits per heavy atom. The van der Waals surface area contributed by atoms with Gasteiger partial charge in [-0.1, -0.05) is 0 Å². The molecule has 0 aromatic heterocycles. The lowest BCUT2D eigenvalue weighted by Gasteiger charge is -2.15. The Morgan fingerprint density at radius 1 is 1.32 bits per heavy atom. The lowest BCUT2D eigenvalue weighted by molar-refractivity contribution is 0.237. The van der Waals surface area contributed by atoms with Crippen LogP contribution in [-0.2, 0) is 6.42 Å². The van der Waals surface area contributed by atoms with Gasteiger partial charge >= 0.3 is 0 Å². The molecular formula is C15H23FN2O. The molecule has 0 aliphatic carbocycles. The van der Waals surface area contributed by atoms with E-state index in [9.17, 15) is 4.39 Å². The van der Waals surface area contributed by atoms with E-state index in [1.54, 1.807) is 0 Å². The zero-order valence-corrected chi connectivity index (χ0v) is 11.6. The predicted octanol–water partition coefficient (Wildman–Crippen LogP) is 2.19. The normalized spacial score (nSPS) is 17.6. The van der Waals surface area contributed by atoms with Gasteiger partial charge in [-0.2, -0.15) is 0 Å². The zero-order chi connectivity index (χ0) is 13.7. The van der Waals surface area contributed by atoms with E-state index in [1.165, 1.54) is 25.0 Å². The Hall–Kier alpha value is -1.13. The lowest BCUT2D eigenvalue weighted by Crippen LogP contribution is -2.25. The molecule has 0 bridgehead atoms. The summed E-state index contributed by atoms with van der Waals surface area (Å²) in [6.45, 7) is 5.75. The summed E-state index contributed by atoms with van der Waals surface area (Å²) in [7, 11) is 0. The summed E-state index contributed by atoms with van der Waals surface area (Å²) in [5.41, 5.74) is 6.63. The molecule has 3 nitrogen and oxygen atoms in total. The molecule has 19 heavy (non-hydrogen) atoms. The van der Waals surface area contributed by atoms with Crippen LogP contribution >= 0.6 is 0 Å². The van der Waals surface area contributed by atoms with Gasteiger partial charge in [-0.25, -0.2) is 4.39 Å². The first-order valence-electron chi connectivity index (χ1n) is 7.04. The maximum absolute atomic E-state index is 13.5. The van der Waals surface area contributed by atoms with Crippen LogP contribution in [0.25, 0.3) is 0 Å². The van der Waals surface area contributed by atoms with Gasteiger partial charge < -0.3 is 10.5 Å². The maximum atomic E-state index is 13.5. The standard InChI is InChI=1S/C15H23FN2O/c1-12(17)8-13-9-14(16)11-15(10-13)19-7-6-18-4-2-3-5-18/h9-12H,2-8,17H2,1H3. The molecule has 1 fully saturated rings. The predicted molar refractivity (Wildman–Crippen MR) is 74.9 cm³/mol. The summed E-state index contributed by atoms with van der Waals surface area (Å²) in [5.74, 6) is 0.351. The number of benzene rings is 1. The van der Waals surface area contributed by atoms with Gasteiger partial charge in [0, 0.05) is 18.7 Å². The van der Waals surface area contributed by atoms with Gasteiger partial charge in [0.15, 0.2) is 0 Å². The fourth-order valence-electron chi connectivity index (χ4n) is 2.49. The van der Waals surface area contributed by atoms with E-state index >= 15 is 0 Å². The van der Waals surface area contributed by atoms with Gasteiger partial charge in [0.05, 0.1) is 0 Å². The van der Waals surface area contributed by atoms with Crippen molar-refractivity contribution in [2.75, 3.05) is 26.2 Å².